The second kappa shape index (κ2) is 4.89. The first-order chi connectivity index (χ1) is 6.11. The molecule has 0 fully saturated rings. The van der Waals surface area contributed by atoms with E-state index in [1.54, 1.807) is 0 Å². The van der Waals surface area contributed by atoms with Crippen LogP contribution in [0.5, 0.6) is 0 Å². The van der Waals surface area contributed by atoms with Crippen LogP contribution >= 0.6 is 35.0 Å². The summed E-state index contributed by atoms with van der Waals surface area (Å²) in [4.78, 5) is 11.7. The van der Waals surface area contributed by atoms with Gasteiger partial charge in [0, 0.05) is 4.90 Å². The number of carbonyl (C=O) groups excluding carboxylic acids is 1. The molecule has 0 spiro atoms. The zero-order valence-corrected chi connectivity index (χ0v) is 9.29. The molecule has 1 nitrogen and oxygen atoms in total. The third-order valence-electron chi connectivity index (χ3n) is 1.50. The number of thioether (sulfide) groups is 1. The Morgan fingerprint density at radius 3 is 2.62 bits per heavy atom. The normalized spacial score (nSPS) is 12.5. The highest BCUT2D eigenvalue weighted by molar-refractivity contribution is 8.02. The summed E-state index contributed by atoms with van der Waals surface area (Å²) in [5, 5.41) is -0.532. The minimum Gasteiger partial charge on any atom is -0.279 e. The summed E-state index contributed by atoms with van der Waals surface area (Å²) in [6, 6.07) is 7.71. The Labute approximate surface area is 91.4 Å². The smallest absolute Gasteiger partial charge is 0.250 e. The molecule has 0 heterocycles. The third-order valence-corrected chi connectivity index (χ3v) is 3.56. The molecule has 1 aromatic rings. The molecular formula is C9H8Cl2OS. The summed E-state index contributed by atoms with van der Waals surface area (Å²) in [5.41, 5.74) is 1.09. The van der Waals surface area contributed by atoms with Gasteiger partial charge >= 0.3 is 0 Å². The van der Waals surface area contributed by atoms with Crippen molar-refractivity contribution in [2.75, 3.05) is 0 Å². The fraction of sp³-hybridized carbons (Fsp3) is 0.222. The minimum absolute atomic E-state index is 0.532. The molecule has 0 aliphatic heterocycles. The quantitative estimate of drug-likeness (QED) is 0.453. The Hall–Kier alpha value is -0.180. The fourth-order valence-corrected chi connectivity index (χ4v) is 1.99. The van der Waals surface area contributed by atoms with Crippen molar-refractivity contribution in [3.63, 3.8) is 0 Å². The van der Waals surface area contributed by atoms with E-state index in [2.05, 4.69) is 0 Å². The standard InChI is InChI=1S/C9H8Cl2OS/c1-6-4-2-3-5-7(6)13-9(11)8(10)12/h2-5,9H,1H3. The topological polar surface area (TPSA) is 17.1 Å². The maximum absolute atomic E-state index is 10.7. The van der Waals surface area contributed by atoms with Crippen molar-refractivity contribution in [2.45, 2.75) is 16.5 Å². The van der Waals surface area contributed by atoms with Crippen molar-refractivity contribution in [1.29, 1.82) is 0 Å². The molecule has 0 aliphatic rings. The molecular weight excluding hydrogens is 227 g/mol. The van der Waals surface area contributed by atoms with Gasteiger partial charge in [-0.2, -0.15) is 0 Å². The molecule has 0 saturated carbocycles. The Kier molecular flexibility index (Phi) is 4.10. The summed E-state index contributed by atoms with van der Waals surface area (Å²) in [6.45, 7) is 1.96. The van der Waals surface area contributed by atoms with E-state index in [9.17, 15) is 4.79 Å². The van der Waals surface area contributed by atoms with Crippen LogP contribution < -0.4 is 0 Å². The summed E-state index contributed by atoms with van der Waals surface area (Å²) in [7, 11) is 0. The van der Waals surface area contributed by atoms with Crippen LogP contribution in [0.4, 0.5) is 0 Å². The lowest BCUT2D eigenvalue weighted by atomic mass is 10.2. The highest BCUT2D eigenvalue weighted by Crippen LogP contribution is 2.29. The van der Waals surface area contributed by atoms with Crippen LogP contribution in [0, 0.1) is 6.92 Å². The third kappa shape index (κ3) is 3.22. The molecule has 13 heavy (non-hydrogen) atoms. The zero-order valence-electron chi connectivity index (χ0n) is 6.96. The highest BCUT2D eigenvalue weighted by Gasteiger charge is 2.14. The van der Waals surface area contributed by atoms with Crippen LogP contribution in [0.25, 0.3) is 0 Å². The SMILES string of the molecule is Cc1ccccc1SC(Cl)C(=O)Cl. The van der Waals surface area contributed by atoms with E-state index >= 15 is 0 Å². The van der Waals surface area contributed by atoms with Gasteiger partial charge in [-0.05, 0) is 30.2 Å². The number of alkyl halides is 1. The summed E-state index contributed by atoms with van der Waals surface area (Å²) < 4.78 is -0.706. The molecule has 0 aliphatic carbocycles. The van der Waals surface area contributed by atoms with E-state index in [0.29, 0.717) is 0 Å². The van der Waals surface area contributed by atoms with Gasteiger partial charge in [-0.3, -0.25) is 4.79 Å². The van der Waals surface area contributed by atoms with Crippen LogP contribution in [0.1, 0.15) is 5.56 Å². The van der Waals surface area contributed by atoms with Crippen LogP contribution in [-0.4, -0.2) is 9.95 Å². The van der Waals surface area contributed by atoms with E-state index in [4.69, 9.17) is 23.2 Å². The molecule has 0 N–H and O–H groups in total. The molecule has 0 aromatic heterocycles. The van der Waals surface area contributed by atoms with Crippen LogP contribution in [0.2, 0.25) is 0 Å². The van der Waals surface area contributed by atoms with Gasteiger partial charge in [0.15, 0.2) is 4.71 Å². The molecule has 1 atom stereocenters. The molecule has 70 valence electrons. The van der Waals surface area contributed by atoms with Crippen molar-refractivity contribution >= 4 is 40.2 Å². The van der Waals surface area contributed by atoms with Gasteiger partial charge < -0.3 is 0 Å². The summed E-state index contributed by atoms with van der Waals surface area (Å²) in [6.07, 6.45) is 0. The Morgan fingerprint density at radius 1 is 1.46 bits per heavy atom. The van der Waals surface area contributed by atoms with Crippen molar-refractivity contribution in [2.24, 2.45) is 0 Å². The number of hydrogen-bond acceptors (Lipinski definition) is 2. The van der Waals surface area contributed by atoms with Crippen molar-refractivity contribution < 1.29 is 4.79 Å². The van der Waals surface area contributed by atoms with Gasteiger partial charge in [0.2, 0.25) is 5.24 Å². The second-order valence-electron chi connectivity index (χ2n) is 2.50. The molecule has 0 saturated heterocycles. The molecule has 0 amide bonds. The van der Waals surface area contributed by atoms with E-state index in [0.717, 1.165) is 10.5 Å². The minimum atomic E-state index is -0.706. The van der Waals surface area contributed by atoms with E-state index in [1.807, 2.05) is 31.2 Å². The average molecular weight is 235 g/mol. The predicted molar refractivity (Wildman–Crippen MR) is 57.5 cm³/mol. The Bertz CT molecular complexity index is 314. The monoisotopic (exact) mass is 234 g/mol. The van der Waals surface area contributed by atoms with Crippen LogP contribution in [-0.2, 0) is 4.79 Å². The Morgan fingerprint density at radius 2 is 2.08 bits per heavy atom. The van der Waals surface area contributed by atoms with Crippen LogP contribution in [0.3, 0.4) is 0 Å². The van der Waals surface area contributed by atoms with E-state index in [1.165, 1.54) is 11.8 Å². The first-order valence-corrected chi connectivity index (χ1v) is 5.36. The van der Waals surface area contributed by atoms with Gasteiger partial charge in [-0.15, -0.1) is 11.6 Å². The second-order valence-corrected chi connectivity index (χ2v) is 4.72. The van der Waals surface area contributed by atoms with Gasteiger partial charge in [0.05, 0.1) is 0 Å². The number of hydrogen-bond donors (Lipinski definition) is 0. The highest BCUT2D eigenvalue weighted by atomic mass is 35.5. The summed E-state index contributed by atoms with van der Waals surface area (Å²) >= 11 is 12.2. The van der Waals surface area contributed by atoms with E-state index in [-0.39, 0.29) is 0 Å². The number of halogens is 2. The predicted octanol–water partition coefficient (Wildman–Crippen LogP) is 3.42. The molecule has 1 rings (SSSR count). The van der Waals surface area contributed by atoms with E-state index < -0.39 is 9.95 Å². The number of carbonyl (C=O) groups is 1. The maximum Gasteiger partial charge on any atom is 0.250 e. The van der Waals surface area contributed by atoms with Crippen molar-refractivity contribution in [1.82, 2.24) is 0 Å². The van der Waals surface area contributed by atoms with Crippen molar-refractivity contribution in [3.8, 4) is 0 Å². The average Bonchev–Trinajstić information content (AvgIpc) is 2.08. The van der Waals surface area contributed by atoms with Crippen molar-refractivity contribution in [3.05, 3.63) is 29.8 Å². The number of aryl methyl sites for hydroxylation is 1. The molecule has 4 heteroatoms. The lowest BCUT2D eigenvalue weighted by molar-refractivity contribution is -0.110. The zero-order chi connectivity index (χ0) is 9.84. The number of rotatable bonds is 3. The van der Waals surface area contributed by atoms with Gasteiger partial charge in [-0.25, -0.2) is 0 Å². The van der Waals surface area contributed by atoms with Crippen LogP contribution in [0.15, 0.2) is 29.2 Å². The first kappa shape index (κ1) is 10.9. The fourth-order valence-electron chi connectivity index (χ4n) is 0.846. The Balaban J connectivity index is 2.74. The van der Waals surface area contributed by atoms with Gasteiger partial charge in [-0.1, -0.05) is 30.0 Å². The molecule has 0 radical (unpaired) electrons. The lowest BCUT2D eigenvalue weighted by Gasteiger charge is -2.06. The number of benzene rings is 1. The van der Waals surface area contributed by atoms with Gasteiger partial charge in [0.1, 0.15) is 0 Å². The largest absolute Gasteiger partial charge is 0.279 e. The maximum atomic E-state index is 10.7. The molecule has 0 bridgehead atoms. The molecule has 1 unspecified atom stereocenters. The van der Waals surface area contributed by atoms with Gasteiger partial charge in [0.25, 0.3) is 0 Å². The lowest BCUT2D eigenvalue weighted by Crippen LogP contribution is -2.01. The molecule has 1 aromatic carbocycles. The summed E-state index contributed by atoms with van der Waals surface area (Å²) in [5.74, 6) is 0. The first-order valence-electron chi connectivity index (χ1n) is 3.67.